The number of halogens is 3. The molecule has 2 aromatic rings. The molecule has 2 amide bonds. The molecule has 0 aromatic heterocycles. The summed E-state index contributed by atoms with van der Waals surface area (Å²) in [6.45, 7) is 6.25. The van der Waals surface area contributed by atoms with Crippen molar-refractivity contribution in [2.45, 2.75) is 39.8 Å². The highest BCUT2D eigenvalue weighted by molar-refractivity contribution is 9.10. The Balaban J connectivity index is 2.10. The van der Waals surface area contributed by atoms with Crippen LogP contribution in [-0.2, 0) is 16.2 Å². The molecule has 0 radical (unpaired) electrons. The molecule has 0 unspecified atom stereocenters. The molecule has 2 N–H and O–H groups in total. The lowest BCUT2D eigenvalue weighted by molar-refractivity contribution is -0.139. The predicted molar refractivity (Wildman–Crippen MR) is 130 cm³/mol. The molecule has 0 saturated carbocycles. The van der Waals surface area contributed by atoms with Gasteiger partial charge in [0.05, 0.1) is 27.3 Å². The summed E-state index contributed by atoms with van der Waals surface area (Å²) in [5.41, 5.74) is 3.68. The smallest absolute Gasteiger partial charge is 0.329 e. The molecule has 0 saturated heterocycles. The van der Waals surface area contributed by atoms with Crippen molar-refractivity contribution in [1.29, 1.82) is 0 Å². The molecule has 10 heteroatoms. The van der Waals surface area contributed by atoms with E-state index in [4.69, 9.17) is 32.7 Å². The van der Waals surface area contributed by atoms with E-state index in [1.54, 1.807) is 24.3 Å². The largest absolute Gasteiger partial charge is 0.490 e. The fraction of sp³-hybridized carbons (Fsp3) is 0.318. The number of nitrogens with zero attached hydrogens (tertiary/aromatic N) is 1. The van der Waals surface area contributed by atoms with Crippen LogP contribution in [0.2, 0.25) is 10.0 Å². The molecule has 0 bridgehead atoms. The third-order valence-corrected chi connectivity index (χ3v) is 5.60. The molecule has 172 valence electrons. The van der Waals surface area contributed by atoms with Crippen LogP contribution in [0.4, 0.5) is 0 Å². The molecule has 0 aliphatic rings. The number of rotatable bonds is 9. The second kappa shape index (κ2) is 12.7. The first kappa shape index (κ1) is 26.0. The standard InChI is InChI=1S/C22H24BrCl2N3O4/c1-4-13(3)27-21(29)22(30)28-26-11-15-8-16(23)20(19(10-15)31-5-2)32-12-14-6-7-17(24)18(25)9-14/h6-11,13H,4-5,12H2,1-3H3,(H,27,29)(H,28,30)/b26-11-/t13-/m0/s1. The predicted octanol–water partition coefficient (Wildman–Crippen LogP) is 5.10. The van der Waals surface area contributed by atoms with Crippen molar-refractivity contribution in [1.82, 2.24) is 10.7 Å². The Morgan fingerprint density at radius 2 is 1.88 bits per heavy atom. The zero-order valence-corrected chi connectivity index (χ0v) is 21.0. The summed E-state index contributed by atoms with van der Waals surface area (Å²) in [6, 6.07) is 8.63. The molecular formula is C22H24BrCl2N3O4. The summed E-state index contributed by atoms with van der Waals surface area (Å²) in [7, 11) is 0. The number of hydrogen-bond donors (Lipinski definition) is 2. The van der Waals surface area contributed by atoms with Crippen LogP contribution in [0, 0.1) is 0 Å². The first-order chi connectivity index (χ1) is 15.2. The van der Waals surface area contributed by atoms with E-state index in [2.05, 4.69) is 31.8 Å². The van der Waals surface area contributed by atoms with Gasteiger partial charge in [0.15, 0.2) is 11.5 Å². The molecule has 0 aliphatic carbocycles. The summed E-state index contributed by atoms with van der Waals surface area (Å²) in [4.78, 5) is 23.6. The van der Waals surface area contributed by atoms with Gasteiger partial charge in [-0.15, -0.1) is 0 Å². The van der Waals surface area contributed by atoms with Crippen LogP contribution in [-0.4, -0.2) is 30.7 Å². The van der Waals surface area contributed by atoms with E-state index >= 15 is 0 Å². The minimum atomic E-state index is -0.841. The van der Waals surface area contributed by atoms with Crippen molar-refractivity contribution in [2.75, 3.05) is 6.61 Å². The van der Waals surface area contributed by atoms with Crippen LogP contribution in [0.3, 0.4) is 0 Å². The lowest BCUT2D eigenvalue weighted by Gasteiger charge is -2.15. The average Bonchev–Trinajstić information content (AvgIpc) is 2.75. The highest BCUT2D eigenvalue weighted by Crippen LogP contribution is 2.37. The maximum absolute atomic E-state index is 11.8. The first-order valence-corrected chi connectivity index (χ1v) is 11.5. The van der Waals surface area contributed by atoms with Crippen LogP contribution in [0.5, 0.6) is 11.5 Å². The van der Waals surface area contributed by atoms with Crippen LogP contribution >= 0.6 is 39.1 Å². The number of hydrogen-bond acceptors (Lipinski definition) is 5. The molecule has 0 spiro atoms. The Hall–Kier alpha value is -2.29. The summed E-state index contributed by atoms with van der Waals surface area (Å²) in [5, 5.41) is 7.34. The van der Waals surface area contributed by atoms with Gasteiger partial charge in [-0.1, -0.05) is 36.2 Å². The molecular weight excluding hydrogens is 521 g/mol. The normalized spacial score (nSPS) is 11.8. The second-order valence-electron chi connectivity index (χ2n) is 6.78. The fourth-order valence-electron chi connectivity index (χ4n) is 2.46. The van der Waals surface area contributed by atoms with E-state index in [9.17, 15) is 9.59 Å². The molecule has 2 rings (SSSR count). The number of carbonyl (C=O) groups excluding carboxylic acids is 2. The molecule has 0 heterocycles. The highest BCUT2D eigenvalue weighted by Gasteiger charge is 2.15. The molecule has 32 heavy (non-hydrogen) atoms. The van der Waals surface area contributed by atoms with Gasteiger partial charge < -0.3 is 14.8 Å². The van der Waals surface area contributed by atoms with Crippen molar-refractivity contribution in [3.8, 4) is 11.5 Å². The van der Waals surface area contributed by atoms with Gasteiger partial charge >= 0.3 is 11.8 Å². The van der Waals surface area contributed by atoms with E-state index < -0.39 is 11.8 Å². The Kier molecular flexibility index (Phi) is 10.3. The van der Waals surface area contributed by atoms with Gasteiger partial charge in [0.25, 0.3) is 0 Å². The molecule has 1 atom stereocenters. The van der Waals surface area contributed by atoms with E-state index in [0.29, 0.717) is 38.2 Å². The fourth-order valence-corrected chi connectivity index (χ4v) is 3.35. The highest BCUT2D eigenvalue weighted by atomic mass is 79.9. The van der Waals surface area contributed by atoms with Gasteiger partial charge in [-0.3, -0.25) is 9.59 Å². The van der Waals surface area contributed by atoms with Gasteiger partial charge in [0.1, 0.15) is 6.61 Å². The quantitative estimate of drug-likeness (QED) is 0.261. The minimum Gasteiger partial charge on any atom is -0.490 e. The summed E-state index contributed by atoms with van der Waals surface area (Å²) < 4.78 is 12.3. The van der Waals surface area contributed by atoms with Gasteiger partial charge in [-0.05, 0) is 71.6 Å². The SMILES string of the molecule is CCOc1cc(/C=N\NC(=O)C(=O)N[C@@H](C)CC)cc(Br)c1OCc1ccc(Cl)c(Cl)c1. The van der Waals surface area contributed by atoms with Crippen molar-refractivity contribution in [3.05, 3.63) is 56.0 Å². The number of hydrazone groups is 1. The zero-order chi connectivity index (χ0) is 23.7. The van der Waals surface area contributed by atoms with E-state index in [1.807, 2.05) is 26.8 Å². The first-order valence-electron chi connectivity index (χ1n) is 9.92. The Morgan fingerprint density at radius 3 is 2.53 bits per heavy atom. The van der Waals surface area contributed by atoms with Gasteiger partial charge in [-0.2, -0.15) is 5.10 Å². The maximum Gasteiger partial charge on any atom is 0.329 e. The summed E-state index contributed by atoms with van der Waals surface area (Å²) in [6.07, 6.45) is 2.13. The van der Waals surface area contributed by atoms with E-state index in [0.717, 1.165) is 12.0 Å². The van der Waals surface area contributed by atoms with Crippen molar-refractivity contribution in [3.63, 3.8) is 0 Å². The van der Waals surface area contributed by atoms with Crippen LogP contribution in [0.15, 0.2) is 39.9 Å². The molecule has 7 nitrogen and oxygen atoms in total. The Bertz CT molecular complexity index is 1000. The van der Waals surface area contributed by atoms with Crippen LogP contribution < -0.4 is 20.2 Å². The second-order valence-corrected chi connectivity index (χ2v) is 8.45. The van der Waals surface area contributed by atoms with E-state index in [1.165, 1.54) is 6.21 Å². The number of ether oxygens (including phenoxy) is 2. The Labute approximate surface area is 205 Å². The zero-order valence-electron chi connectivity index (χ0n) is 17.9. The number of benzene rings is 2. The van der Waals surface area contributed by atoms with Crippen molar-refractivity contribution in [2.24, 2.45) is 5.10 Å². The average molecular weight is 545 g/mol. The third-order valence-electron chi connectivity index (χ3n) is 4.27. The van der Waals surface area contributed by atoms with Gasteiger partial charge in [0.2, 0.25) is 0 Å². The maximum atomic E-state index is 11.8. The number of carbonyl (C=O) groups is 2. The van der Waals surface area contributed by atoms with Gasteiger partial charge in [0, 0.05) is 6.04 Å². The summed E-state index contributed by atoms with van der Waals surface area (Å²) in [5.74, 6) is -0.581. The molecule has 0 aliphatic heterocycles. The van der Waals surface area contributed by atoms with E-state index in [-0.39, 0.29) is 12.6 Å². The molecule has 2 aromatic carbocycles. The topological polar surface area (TPSA) is 89.0 Å². The van der Waals surface area contributed by atoms with Gasteiger partial charge in [-0.25, -0.2) is 5.43 Å². The lowest BCUT2D eigenvalue weighted by atomic mass is 10.2. The van der Waals surface area contributed by atoms with Crippen LogP contribution in [0.25, 0.3) is 0 Å². The van der Waals surface area contributed by atoms with Crippen molar-refractivity contribution >= 4 is 57.2 Å². The monoisotopic (exact) mass is 543 g/mol. The summed E-state index contributed by atoms with van der Waals surface area (Å²) >= 11 is 15.5. The molecule has 0 fully saturated rings. The Morgan fingerprint density at radius 1 is 1.12 bits per heavy atom. The minimum absolute atomic E-state index is 0.0987. The number of amides is 2. The number of nitrogens with one attached hydrogen (secondary N) is 2. The van der Waals surface area contributed by atoms with Crippen molar-refractivity contribution < 1.29 is 19.1 Å². The van der Waals surface area contributed by atoms with Crippen LogP contribution in [0.1, 0.15) is 38.3 Å². The lowest BCUT2D eigenvalue weighted by Crippen LogP contribution is -2.41. The third kappa shape index (κ3) is 7.69.